The van der Waals surface area contributed by atoms with Crippen LogP contribution in [0.4, 0.5) is 0 Å². The summed E-state index contributed by atoms with van der Waals surface area (Å²) < 4.78 is 5.77. The maximum Gasteiger partial charge on any atom is 0.334 e. The summed E-state index contributed by atoms with van der Waals surface area (Å²) in [7, 11) is 0. The Labute approximate surface area is 209 Å². The molecule has 0 radical (unpaired) electrons. The third-order valence-electron chi connectivity index (χ3n) is 6.34. The molecule has 0 unspecified atom stereocenters. The number of benzene rings is 1. The van der Waals surface area contributed by atoms with Crippen molar-refractivity contribution in [1.29, 1.82) is 0 Å². The van der Waals surface area contributed by atoms with Gasteiger partial charge in [0.25, 0.3) is 0 Å². The van der Waals surface area contributed by atoms with E-state index in [1.807, 2.05) is 71.7 Å². The normalized spacial score (nSPS) is 11.3. The van der Waals surface area contributed by atoms with Gasteiger partial charge in [-0.2, -0.15) is 5.21 Å². The molecule has 5 rings (SSSR count). The number of tetrazole rings is 1. The molecule has 0 amide bonds. The first-order valence-electron chi connectivity index (χ1n) is 12.4. The van der Waals surface area contributed by atoms with Gasteiger partial charge in [-0.3, -0.25) is 14.1 Å². The standard InChI is InChI=1S/C27H30N8O/c1-3-5-15-33-16-8-12-25(33)35-19-22(9-4-2)34(27(35)36)18-21-14-13-20(17-28-21)23-10-6-7-11-24(23)26-29-31-32-30-26/h6-8,10-14,16-17,19H,3-5,9,15,18H2,1-2H3,(H,29,30,31,32). The van der Waals surface area contributed by atoms with E-state index in [0.717, 1.165) is 66.1 Å². The van der Waals surface area contributed by atoms with Crippen LogP contribution in [-0.2, 0) is 19.5 Å². The number of aryl methyl sites for hydroxylation is 2. The average molecular weight is 483 g/mol. The van der Waals surface area contributed by atoms with Gasteiger partial charge in [-0.25, -0.2) is 4.79 Å². The van der Waals surface area contributed by atoms with Gasteiger partial charge in [0, 0.05) is 42.0 Å². The molecule has 1 N–H and O–H groups in total. The average Bonchev–Trinajstić information content (AvgIpc) is 3.66. The highest BCUT2D eigenvalue weighted by molar-refractivity contribution is 5.79. The fraction of sp³-hybridized carbons (Fsp3) is 0.296. The van der Waals surface area contributed by atoms with E-state index in [1.165, 1.54) is 0 Å². The van der Waals surface area contributed by atoms with Gasteiger partial charge in [0.05, 0.1) is 12.2 Å². The van der Waals surface area contributed by atoms with Crippen LogP contribution in [0.1, 0.15) is 44.5 Å². The summed E-state index contributed by atoms with van der Waals surface area (Å²) in [6, 6.07) is 15.9. The van der Waals surface area contributed by atoms with E-state index >= 15 is 0 Å². The molecule has 0 saturated carbocycles. The zero-order valence-electron chi connectivity index (χ0n) is 20.6. The smallest absolute Gasteiger partial charge is 0.334 e. The van der Waals surface area contributed by atoms with Gasteiger partial charge in [-0.05, 0) is 41.8 Å². The Balaban J connectivity index is 1.45. The van der Waals surface area contributed by atoms with Gasteiger partial charge >= 0.3 is 5.69 Å². The number of hydrogen-bond acceptors (Lipinski definition) is 5. The minimum Gasteiger partial charge on any atom is -0.334 e. The molecule has 4 heterocycles. The van der Waals surface area contributed by atoms with E-state index in [2.05, 4.69) is 39.0 Å². The van der Waals surface area contributed by atoms with Crippen LogP contribution in [-0.4, -0.2) is 39.3 Å². The highest BCUT2D eigenvalue weighted by atomic mass is 16.1. The second kappa shape index (κ2) is 10.6. The Kier molecular flexibility index (Phi) is 6.88. The molecule has 9 nitrogen and oxygen atoms in total. The van der Waals surface area contributed by atoms with Crippen molar-refractivity contribution in [3.05, 3.63) is 89.0 Å². The summed E-state index contributed by atoms with van der Waals surface area (Å²) in [5, 5.41) is 14.4. The van der Waals surface area contributed by atoms with E-state index in [9.17, 15) is 4.79 Å². The SMILES string of the molecule is CCCCn1cccc1-n1cc(CCC)n(Cc2ccc(-c3ccccc3-c3nn[nH]n3)cn2)c1=O. The molecule has 1 aromatic carbocycles. The van der Waals surface area contributed by atoms with E-state index < -0.39 is 0 Å². The number of H-pyrrole nitrogens is 1. The Morgan fingerprint density at radius 2 is 1.83 bits per heavy atom. The predicted molar refractivity (Wildman–Crippen MR) is 139 cm³/mol. The number of rotatable bonds is 10. The molecule has 0 aliphatic rings. The summed E-state index contributed by atoms with van der Waals surface area (Å²) in [5.74, 6) is 1.45. The van der Waals surface area contributed by atoms with Crippen LogP contribution >= 0.6 is 0 Å². The molecule has 9 heteroatoms. The fourth-order valence-electron chi connectivity index (χ4n) is 4.50. The first kappa shape index (κ1) is 23.5. The second-order valence-corrected chi connectivity index (χ2v) is 8.84. The summed E-state index contributed by atoms with van der Waals surface area (Å²) in [6.45, 7) is 5.62. The van der Waals surface area contributed by atoms with E-state index in [4.69, 9.17) is 4.98 Å². The van der Waals surface area contributed by atoms with E-state index in [0.29, 0.717) is 12.4 Å². The monoisotopic (exact) mass is 482 g/mol. The number of aromatic amines is 1. The number of nitrogens with zero attached hydrogens (tertiary/aromatic N) is 7. The molecule has 0 spiro atoms. The molecule has 0 aliphatic carbocycles. The molecule has 0 fully saturated rings. The molecular weight excluding hydrogens is 452 g/mol. The van der Waals surface area contributed by atoms with Crippen molar-refractivity contribution in [2.24, 2.45) is 0 Å². The molecular formula is C27H30N8O. The van der Waals surface area contributed by atoms with Crippen molar-refractivity contribution in [3.63, 3.8) is 0 Å². The molecule has 0 atom stereocenters. The number of pyridine rings is 1. The van der Waals surface area contributed by atoms with Crippen molar-refractivity contribution in [2.75, 3.05) is 0 Å². The molecule has 4 aromatic heterocycles. The van der Waals surface area contributed by atoms with Crippen molar-refractivity contribution in [3.8, 4) is 28.3 Å². The van der Waals surface area contributed by atoms with Crippen LogP contribution in [0.5, 0.6) is 0 Å². The Morgan fingerprint density at radius 1 is 0.972 bits per heavy atom. The number of hydrogen-bond donors (Lipinski definition) is 1. The summed E-state index contributed by atoms with van der Waals surface area (Å²) in [4.78, 5) is 18.2. The molecule has 0 bridgehead atoms. The molecule has 36 heavy (non-hydrogen) atoms. The number of imidazole rings is 1. The van der Waals surface area contributed by atoms with Gasteiger partial charge in [0.2, 0.25) is 5.82 Å². The first-order valence-corrected chi connectivity index (χ1v) is 12.4. The predicted octanol–water partition coefficient (Wildman–Crippen LogP) is 4.48. The van der Waals surface area contributed by atoms with Crippen LogP contribution in [0.3, 0.4) is 0 Å². The Bertz CT molecular complexity index is 1480. The highest BCUT2D eigenvalue weighted by Gasteiger charge is 2.16. The Morgan fingerprint density at radius 3 is 2.56 bits per heavy atom. The maximum absolute atomic E-state index is 13.5. The second-order valence-electron chi connectivity index (χ2n) is 8.84. The van der Waals surface area contributed by atoms with Crippen molar-refractivity contribution >= 4 is 0 Å². The topological polar surface area (TPSA) is 99.2 Å². The molecule has 0 aliphatic heterocycles. The number of nitrogens with one attached hydrogen (secondary N) is 1. The van der Waals surface area contributed by atoms with Crippen LogP contribution in [0.2, 0.25) is 0 Å². The van der Waals surface area contributed by atoms with Crippen molar-refractivity contribution in [1.82, 2.24) is 39.3 Å². The lowest BCUT2D eigenvalue weighted by Crippen LogP contribution is -2.26. The first-order chi connectivity index (χ1) is 17.7. The molecule has 184 valence electrons. The maximum atomic E-state index is 13.5. The van der Waals surface area contributed by atoms with Gasteiger partial charge in [-0.15, -0.1) is 10.2 Å². The van der Waals surface area contributed by atoms with Gasteiger partial charge in [0.1, 0.15) is 5.82 Å². The molecule has 0 saturated heterocycles. The zero-order valence-corrected chi connectivity index (χ0v) is 20.6. The van der Waals surface area contributed by atoms with Crippen molar-refractivity contribution in [2.45, 2.75) is 52.6 Å². The third kappa shape index (κ3) is 4.64. The minimum atomic E-state index is -0.0387. The van der Waals surface area contributed by atoms with Crippen LogP contribution in [0.25, 0.3) is 28.3 Å². The lowest BCUT2D eigenvalue weighted by atomic mass is 10.0. The lowest BCUT2D eigenvalue weighted by molar-refractivity contribution is 0.613. The van der Waals surface area contributed by atoms with Crippen LogP contribution in [0, 0.1) is 0 Å². The fourth-order valence-corrected chi connectivity index (χ4v) is 4.50. The number of aromatic nitrogens is 8. The number of unbranched alkanes of at least 4 members (excludes halogenated alkanes) is 1. The van der Waals surface area contributed by atoms with Crippen molar-refractivity contribution < 1.29 is 0 Å². The summed E-state index contributed by atoms with van der Waals surface area (Å²) in [6.07, 6.45) is 9.83. The Hall–Kier alpha value is -4.27. The van der Waals surface area contributed by atoms with Gasteiger partial charge in [0.15, 0.2) is 0 Å². The molecule has 5 aromatic rings. The van der Waals surface area contributed by atoms with E-state index in [-0.39, 0.29) is 5.69 Å². The van der Waals surface area contributed by atoms with Crippen LogP contribution < -0.4 is 5.69 Å². The lowest BCUT2D eigenvalue weighted by Gasteiger charge is -2.09. The summed E-state index contributed by atoms with van der Waals surface area (Å²) >= 11 is 0. The quantitative estimate of drug-likeness (QED) is 0.316. The van der Waals surface area contributed by atoms with Crippen LogP contribution in [0.15, 0.2) is 71.9 Å². The minimum absolute atomic E-state index is 0.0387. The summed E-state index contributed by atoms with van der Waals surface area (Å²) in [5.41, 5.74) is 4.61. The largest absolute Gasteiger partial charge is 0.334 e. The van der Waals surface area contributed by atoms with Gasteiger partial charge < -0.3 is 4.57 Å². The van der Waals surface area contributed by atoms with Gasteiger partial charge in [-0.1, -0.05) is 57.0 Å². The third-order valence-corrected chi connectivity index (χ3v) is 6.34. The van der Waals surface area contributed by atoms with E-state index in [1.54, 1.807) is 4.57 Å². The zero-order chi connectivity index (χ0) is 24.9. The highest BCUT2D eigenvalue weighted by Crippen LogP contribution is 2.29.